The van der Waals surface area contributed by atoms with Crippen molar-refractivity contribution in [3.8, 4) is 5.69 Å². The van der Waals surface area contributed by atoms with Gasteiger partial charge in [-0.1, -0.05) is 47.5 Å². The van der Waals surface area contributed by atoms with Gasteiger partial charge < -0.3 is 4.57 Å². The Hall–Kier alpha value is -2.47. The second-order valence-electron chi connectivity index (χ2n) is 6.19. The van der Waals surface area contributed by atoms with E-state index in [9.17, 15) is 10.1 Å². The van der Waals surface area contributed by atoms with Gasteiger partial charge in [0.05, 0.1) is 20.5 Å². The summed E-state index contributed by atoms with van der Waals surface area (Å²) in [7, 11) is 0. The van der Waals surface area contributed by atoms with Crippen molar-refractivity contribution in [3.63, 3.8) is 0 Å². The molecule has 4 rings (SSSR count). The highest BCUT2D eigenvalue weighted by Gasteiger charge is 2.12. The van der Waals surface area contributed by atoms with E-state index >= 15 is 0 Å². The number of non-ortho nitro benzene ring substituents is 1. The highest BCUT2D eigenvalue weighted by molar-refractivity contribution is 7.98. The lowest BCUT2D eigenvalue weighted by atomic mass is 10.2. The monoisotopic (exact) mass is 428 g/mol. The van der Waals surface area contributed by atoms with Gasteiger partial charge in [-0.25, -0.2) is 0 Å². The molecule has 4 nitrogen and oxygen atoms in total. The van der Waals surface area contributed by atoms with E-state index in [1.165, 1.54) is 12.1 Å². The maximum Gasteiger partial charge on any atom is 0.269 e. The van der Waals surface area contributed by atoms with E-state index in [4.69, 9.17) is 23.2 Å². The highest BCUT2D eigenvalue weighted by atomic mass is 35.5. The zero-order valence-electron chi connectivity index (χ0n) is 14.5. The van der Waals surface area contributed by atoms with Crippen LogP contribution in [0.15, 0.2) is 77.8 Å². The Morgan fingerprint density at radius 1 is 0.964 bits per heavy atom. The fourth-order valence-corrected chi connectivity index (χ4v) is 4.33. The fraction of sp³-hybridized carbons (Fsp3) is 0.0476. The van der Waals surface area contributed by atoms with Crippen molar-refractivity contribution < 1.29 is 4.92 Å². The largest absolute Gasteiger partial charge is 0.315 e. The Bertz CT molecular complexity index is 1170. The third-order valence-electron chi connectivity index (χ3n) is 4.39. The van der Waals surface area contributed by atoms with Gasteiger partial charge in [0.1, 0.15) is 0 Å². The van der Waals surface area contributed by atoms with Gasteiger partial charge in [0.25, 0.3) is 5.69 Å². The van der Waals surface area contributed by atoms with Crippen molar-refractivity contribution in [2.45, 2.75) is 10.6 Å². The number of hydrogen-bond donors (Lipinski definition) is 0. The van der Waals surface area contributed by atoms with Crippen LogP contribution >= 0.6 is 35.0 Å². The first-order valence-corrected chi connectivity index (χ1v) is 10.2. The van der Waals surface area contributed by atoms with Crippen LogP contribution in [0.4, 0.5) is 5.69 Å². The molecular weight excluding hydrogens is 415 g/mol. The molecule has 0 saturated carbocycles. The van der Waals surface area contributed by atoms with Crippen LogP contribution in [0, 0.1) is 10.1 Å². The predicted octanol–water partition coefficient (Wildman–Crippen LogP) is 7.14. The first-order chi connectivity index (χ1) is 13.5. The van der Waals surface area contributed by atoms with Gasteiger partial charge in [-0.3, -0.25) is 10.1 Å². The summed E-state index contributed by atoms with van der Waals surface area (Å²) in [5, 5.41) is 13.1. The summed E-state index contributed by atoms with van der Waals surface area (Å²) < 4.78 is 2.05. The molecule has 0 atom stereocenters. The van der Waals surface area contributed by atoms with Crippen LogP contribution in [-0.4, -0.2) is 9.49 Å². The number of thioether (sulfide) groups is 1. The Kier molecular flexibility index (Phi) is 5.31. The summed E-state index contributed by atoms with van der Waals surface area (Å²) in [6, 6.07) is 20.3. The third-order valence-corrected chi connectivity index (χ3v) is 6.25. The van der Waals surface area contributed by atoms with Crippen LogP contribution < -0.4 is 0 Å². The first-order valence-electron chi connectivity index (χ1n) is 8.44. The molecule has 0 aliphatic rings. The van der Waals surface area contributed by atoms with E-state index in [0.29, 0.717) is 10.0 Å². The molecule has 28 heavy (non-hydrogen) atoms. The summed E-state index contributed by atoms with van der Waals surface area (Å²) in [6.45, 7) is 0. The number of benzene rings is 3. The molecular formula is C21H14Cl2N2O2S. The molecule has 0 bridgehead atoms. The maximum absolute atomic E-state index is 10.9. The Morgan fingerprint density at radius 3 is 2.43 bits per heavy atom. The summed E-state index contributed by atoms with van der Waals surface area (Å²) >= 11 is 13.8. The molecule has 0 aliphatic carbocycles. The normalized spacial score (nSPS) is 11.1. The first kappa shape index (κ1) is 18.9. The minimum absolute atomic E-state index is 0.0782. The topological polar surface area (TPSA) is 48.1 Å². The molecule has 1 heterocycles. The van der Waals surface area contributed by atoms with E-state index < -0.39 is 4.92 Å². The molecule has 140 valence electrons. The van der Waals surface area contributed by atoms with E-state index in [2.05, 4.69) is 16.8 Å². The number of aromatic nitrogens is 1. The van der Waals surface area contributed by atoms with Gasteiger partial charge in [0.2, 0.25) is 0 Å². The predicted molar refractivity (Wildman–Crippen MR) is 116 cm³/mol. The van der Waals surface area contributed by atoms with E-state index in [0.717, 1.165) is 32.8 Å². The third kappa shape index (κ3) is 3.74. The number of fused-ring (bicyclic) bond motifs is 1. The lowest BCUT2D eigenvalue weighted by Gasteiger charge is -2.04. The molecule has 0 aliphatic heterocycles. The average molecular weight is 429 g/mol. The second kappa shape index (κ2) is 7.87. The molecule has 7 heteroatoms. The highest BCUT2D eigenvalue weighted by Crippen LogP contribution is 2.35. The van der Waals surface area contributed by atoms with Gasteiger partial charge in [0.15, 0.2) is 0 Å². The van der Waals surface area contributed by atoms with Gasteiger partial charge >= 0.3 is 0 Å². The standard InChI is InChI=1S/C21H14Cl2N2O2S/c22-18-10-5-14(11-19(18)23)13-28-21-12-24(20-4-2-1-3-17(20)21)15-6-8-16(9-7-15)25(26)27/h1-12H,13H2. The van der Waals surface area contributed by atoms with Gasteiger partial charge in [-0.15, -0.1) is 11.8 Å². The zero-order chi connectivity index (χ0) is 19.7. The van der Waals surface area contributed by atoms with E-state index in [-0.39, 0.29) is 5.69 Å². The molecule has 0 saturated heterocycles. The van der Waals surface area contributed by atoms with Crippen molar-refractivity contribution in [2.75, 3.05) is 0 Å². The molecule has 0 radical (unpaired) electrons. The minimum Gasteiger partial charge on any atom is -0.315 e. The van der Waals surface area contributed by atoms with E-state index in [1.807, 2.05) is 30.3 Å². The van der Waals surface area contributed by atoms with Crippen molar-refractivity contribution in [1.29, 1.82) is 0 Å². The Labute approximate surface area is 175 Å². The molecule has 0 unspecified atom stereocenters. The lowest BCUT2D eigenvalue weighted by molar-refractivity contribution is -0.384. The molecule has 3 aromatic carbocycles. The van der Waals surface area contributed by atoms with Crippen LogP contribution in [-0.2, 0) is 5.75 Å². The minimum atomic E-state index is -0.393. The summed E-state index contributed by atoms with van der Waals surface area (Å²) in [4.78, 5) is 11.6. The van der Waals surface area contributed by atoms with Crippen molar-refractivity contribution in [1.82, 2.24) is 4.57 Å². The van der Waals surface area contributed by atoms with E-state index in [1.54, 1.807) is 30.0 Å². The van der Waals surface area contributed by atoms with Gasteiger partial charge in [0, 0.05) is 40.1 Å². The molecule has 1 aromatic heterocycles. The zero-order valence-corrected chi connectivity index (χ0v) is 16.8. The number of nitrogens with zero attached hydrogens (tertiary/aromatic N) is 2. The smallest absolute Gasteiger partial charge is 0.269 e. The summed E-state index contributed by atoms with van der Waals surface area (Å²) in [5.74, 6) is 0.755. The number of nitro groups is 1. The van der Waals surface area contributed by atoms with Gasteiger partial charge in [-0.05, 0) is 35.9 Å². The quantitative estimate of drug-likeness (QED) is 0.193. The Balaban J connectivity index is 1.68. The molecule has 0 N–H and O–H groups in total. The van der Waals surface area contributed by atoms with Crippen LogP contribution in [0.3, 0.4) is 0 Å². The second-order valence-corrected chi connectivity index (χ2v) is 8.02. The van der Waals surface area contributed by atoms with Crippen molar-refractivity contribution >= 4 is 51.6 Å². The number of nitro benzene ring substituents is 1. The Morgan fingerprint density at radius 2 is 1.71 bits per heavy atom. The van der Waals surface area contributed by atoms with Crippen LogP contribution in [0.25, 0.3) is 16.6 Å². The molecule has 0 amide bonds. The van der Waals surface area contributed by atoms with Crippen LogP contribution in [0.5, 0.6) is 0 Å². The van der Waals surface area contributed by atoms with Crippen molar-refractivity contribution in [3.05, 3.63) is 98.6 Å². The van der Waals surface area contributed by atoms with Crippen LogP contribution in [0.2, 0.25) is 10.0 Å². The molecule has 4 aromatic rings. The fourth-order valence-electron chi connectivity index (χ4n) is 3.00. The SMILES string of the molecule is O=[N+]([O-])c1ccc(-n2cc(SCc3ccc(Cl)c(Cl)c3)c3ccccc32)cc1. The van der Waals surface area contributed by atoms with Gasteiger partial charge in [-0.2, -0.15) is 0 Å². The number of halogens is 2. The van der Waals surface area contributed by atoms with Crippen molar-refractivity contribution in [2.24, 2.45) is 0 Å². The maximum atomic E-state index is 10.9. The van der Waals surface area contributed by atoms with Crippen LogP contribution in [0.1, 0.15) is 5.56 Å². The summed E-state index contributed by atoms with van der Waals surface area (Å²) in [6.07, 6.45) is 2.06. The lowest BCUT2D eigenvalue weighted by Crippen LogP contribution is -1.93. The summed E-state index contributed by atoms with van der Waals surface area (Å²) in [5.41, 5.74) is 3.09. The molecule has 0 spiro atoms. The average Bonchev–Trinajstić information content (AvgIpc) is 3.08. The number of para-hydroxylation sites is 1. The number of rotatable bonds is 5. The molecule has 0 fully saturated rings. The number of hydrogen-bond acceptors (Lipinski definition) is 3.